The SMILES string of the molecule is CSCCC(NC(=O)c1ccccc1Br)C(=O)NCCc1cccc(Cl)c1. The van der Waals surface area contributed by atoms with Gasteiger partial charge in [0, 0.05) is 16.0 Å². The van der Waals surface area contributed by atoms with Gasteiger partial charge in [-0.1, -0.05) is 35.9 Å². The molecule has 27 heavy (non-hydrogen) atoms. The van der Waals surface area contributed by atoms with Crippen LogP contribution in [0, 0.1) is 0 Å². The molecule has 0 aliphatic carbocycles. The molecule has 0 aliphatic rings. The van der Waals surface area contributed by atoms with E-state index >= 15 is 0 Å². The molecule has 1 unspecified atom stereocenters. The number of thioether (sulfide) groups is 1. The van der Waals surface area contributed by atoms with Gasteiger partial charge in [-0.05, 0) is 70.6 Å². The van der Waals surface area contributed by atoms with E-state index in [0.717, 1.165) is 11.3 Å². The zero-order chi connectivity index (χ0) is 19.6. The Morgan fingerprint density at radius 1 is 1.19 bits per heavy atom. The summed E-state index contributed by atoms with van der Waals surface area (Å²) in [5.41, 5.74) is 1.57. The van der Waals surface area contributed by atoms with E-state index in [4.69, 9.17) is 11.6 Å². The Kier molecular flexibility index (Phi) is 9.18. The zero-order valence-electron chi connectivity index (χ0n) is 15.0. The molecule has 2 aromatic rings. The van der Waals surface area contributed by atoms with Crippen LogP contribution in [-0.4, -0.2) is 36.4 Å². The molecular weight excluding hydrogens is 448 g/mol. The number of carbonyl (C=O) groups is 2. The number of hydrogen-bond donors (Lipinski definition) is 2. The molecule has 0 spiro atoms. The summed E-state index contributed by atoms with van der Waals surface area (Å²) in [6.07, 6.45) is 3.23. The van der Waals surface area contributed by atoms with Crippen LogP contribution >= 0.6 is 39.3 Å². The highest BCUT2D eigenvalue weighted by molar-refractivity contribution is 9.10. The lowest BCUT2D eigenvalue weighted by molar-refractivity contribution is -0.122. The summed E-state index contributed by atoms with van der Waals surface area (Å²) in [6.45, 7) is 0.486. The molecule has 0 saturated heterocycles. The second-order valence-corrected chi connectivity index (χ2v) is 8.23. The zero-order valence-corrected chi connectivity index (χ0v) is 18.2. The van der Waals surface area contributed by atoms with Gasteiger partial charge in [-0.2, -0.15) is 11.8 Å². The second kappa shape index (κ2) is 11.4. The van der Waals surface area contributed by atoms with Gasteiger partial charge in [0.15, 0.2) is 0 Å². The number of halogens is 2. The number of amides is 2. The van der Waals surface area contributed by atoms with Crippen molar-refractivity contribution in [1.82, 2.24) is 10.6 Å². The van der Waals surface area contributed by atoms with E-state index in [0.29, 0.717) is 34.4 Å². The van der Waals surface area contributed by atoms with E-state index in [1.807, 2.05) is 36.6 Å². The standard InChI is InChI=1S/C20H22BrClN2O2S/c1-27-12-10-18(24-19(25)16-7-2-3-8-17(16)21)20(26)23-11-9-14-5-4-6-15(22)13-14/h2-8,13,18H,9-12H2,1H3,(H,23,26)(H,24,25). The molecule has 2 aromatic carbocycles. The largest absolute Gasteiger partial charge is 0.354 e. The third-order valence-corrected chi connectivity index (χ3v) is 5.52. The van der Waals surface area contributed by atoms with Crippen molar-refractivity contribution in [2.75, 3.05) is 18.6 Å². The van der Waals surface area contributed by atoms with Crippen LogP contribution in [0.1, 0.15) is 22.3 Å². The quantitative estimate of drug-likeness (QED) is 0.575. The van der Waals surface area contributed by atoms with Crippen molar-refractivity contribution in [1.29, 1.82) is 0 Å². The molecule has 0 heterocycles. The first-order valence-corrected chi connectivity index (χ1v) is 11.1. The summed E-state index contributed by atoms with van der Waals surface area (Å²) in [4.78, 5) is 25.1. The average molecular weight is 470 g/mol. The van der Waals surface area contributed by atoms with Gasteiger partial charge in [0.05, 0.1) is 5.56 Å². The number of hydrogen-bond acceptors (Lipinski definition) is 3. The van der Waals surface area contributed by atoms with E-state index in [1.165, 1.54) is 0 Å². The van der Waals surface area contributed by atoms with Crippen LogP contribution in [0.15, 0.2) is 53.0 Å². The molecule has 0 saturated carbocycles. The highest BCUT2D eigenvalue weighted by atomic mass is 79.9. The number of carbonyl (C=O) groups excluding carboxylic acids is 2. The molecule has 0 bridgehead atoms. The Bertz CT molecular complexity index is 788. The Labute approximate surface area is 177 Å². The van der Waals surface area contributed by atoms with E-state index in [2.05, 4.69) is 26.6 Å². The molecule has 2 amide bonds. The highest BCUT2D eigenvalue weighted by Crippen LogP contribution is 2.16. The predicted molar refractivity (Wildman–Crippen MR) is 117 cm³/mol. The minimum absolute atomic E-state index is 0.175. The van der Waals surface area contributed by atoms with Gasteiger partial charge in [-0.15, -0.1) is 0 Å². The summed E-state index contributed by atoms with van der Waals surface area (Å²) >= 11 is 11.0. The van der Waals surface area contributed by atoms with Gasteiger partial charge in [-0.25, -0.2) is 0 Å². The fraction of sp³-hybridized carbons (Fsp3) is 0.300. The lowest BCUT2D eigenvalue weighted by Crippen LogP contribution is -2.47. The van der Waals surface area contributed by atoms with Crippen LogP contribution in [0.3, 0.4) is 0 Å². The molecule has 2 rings (SSSR count). The summed E-state index contributed by atoms with van der Waals surface area (Å²) in [7, 11) is 0. The Morgan fingerprint density at radius 2 is 1.96 bits per heavy atom. The van der Waals surface area contributed by atoms with E-state index < -0.39 is 6.04 Å². The van der Waals surface area contributed by atoms with Crippen LogP contribution in [0.5, 0.6) is 0 Å². The maximum atomic E-state index is 12.6. The van der Waals surface area contributed by atoms with Crippen LogP contribution in [0.4, 0.5) is 0 Å². The summed E-state index contributed by atoms with van der Waals surface area (Å²) in [5.74, 6) is 0.341. The van der Waals surface area contributed by atoms with Crippen molar-refractivity contribution in [3.8, 4) is 0 Å². The molecule has 0 fully saturated rings. The van der Waals surface area contributed by atoms with Gasteiger partial charge >= 0.3 is 0 Å². The monoisotopic (exact) mass is 468 g/mol. The first kappa shape index (κ1) is 21.8. The average Bonchev–Trinajstić information content (AvgIpc) is 2.65. The van der Waals surface area contributed by atoms with Crippen molar-refractivity contribution in [2.45, 2.75) is 18.9 Å². The summed E-state index contributed by atoms with van der Waals surface area (Å²) in [6, 6.07) is 14.1. The van der Waals surface area contributed by atoms with Crippen molar-refractivity contribution >= 4 is 51.1 Å². The van der Waals surface area contributed by atoms with Crippen LogP contribution in [0.2, 0.25) is 5.02 Å². The number of nitrogens with one attached hydrogen (secondary N) is 2. The topological polar surface area (TPSA) is 58.2 Å². The third-order valence-electron chi connectivity index (χ3n) is 3.95. The number of benzene rings is 2. The first-order valence-electron chi connectivity index (χ1n) is 8.57. The second-order valence-electron chi connectivity index (χ2n) is 5.96. The van der Waals surface area contributed by atoms with Crippen molar-refractivity contribution in [3.05, 3.63) is 69.2 Å². The lowest BCUT2D eigenvalue weighted by Gasteiger charge is -2.18. The fourth-order valence-electron chi connectivity index (χ4n) is 2.53. The minimum atomic E-state index is -0.573. The normalized spacial score (nSPS) is 11.7. The smallest absolute Gasteiger partial charge is 0.253 e. The molecule has 2 N–H and O–H groups in total. The molecule has 0 aromatic heterocycles. The van der Waals surface area contributed by atoms with E-state index in [1.54, 1.807) is 30.0 Å². The molecular formula is C20H22BrClN2O2S. The first-order chi connectivity index (χ1) is 13.0. The highest BCUT2D eigenvalue weighted by Gasteiger charge is 2.21. The van der Waals surface area contributed by atoms with Crippen LogP contribution < -0.4 is 10.6 Å². The molecule has 144 valence electrons. The van der Waals surface area contributed by atoms with Gasteiger partial charge in [0.25, 0.3) is 5.91 Å². The molecule has 7 heteroatoms. The molecule has 0 aliphatic heterocycles. The van der Waals surface area contributed by atoms with Gasteiger partial charge < -0.3 is 10.6 Å². The Hall–Kier alpha value is -1.50. The van der Waals surface area contributed by atoms with Crippen LogP contribution in [-0.2, 0) is 11.2 Å². The van der Waals surface area contributed by atoms with Crippen LogP contribution in [0.25, 0.3) is 0 Å². The third kappa shape index (κ3) is 7.20. The number of rotatable bonds is 9. The van der Waals surface area contributed by atoms with Gasteiger partial charge in [-0.3, -0.25) is 9.59 Å². The summed E-state index contributed by atoms with van der Waals surface area (Å²) in [5, 5.41) is 6.44. The summed E-state index contributed by atoms with van der Waals surface area (Å²) < 4.78 is 0.701. The Morgan fingerprint density at radius 3 is 2.67 bits per heavy atom. The minimum Gasteiger partial charge on any atom is -0.354 e. The van der Waals surface area contributed by atoms with Gasteiger partial charge in [0.1, 0.15) is 6.04 Å². The molecule has 0 radical (unpaired) electrons. The Balaban J connectivity index is 1.94. The van der Waals surface area contributed by atoms with Gasteiger partial charge in [0.2, 0.25) is 5.91 Å². The molecule has 4 nitrogen and oxygen atoms in total. The lowest BCUT2D eigenvalue weighted by atomic mass is 10.1. The van der Waals surface area contributed by atoms with Crippen molar-refractivity contribution in [3.63, 3.8) is 0 Å². The maximum Gasteiger partial charge on any atom is 0.253 e. The van der Waals surface area contributed by atoms with Crippen molar-refractivity contribution < 1.29 is 9.59 Å². The molecule has 1 atom stereocenters. The maximum absolute atomic E-state index is 12.6. The predicted octanol–water partition coefficient (Wildman–Crippen LogP) is 4.31. The fourth-order valence-corrected chi connectivity index (χ4v) is 3.68. The van der Waals surface area contributed by atoms with E-state index in [9.17, 15) is 9.59 Å². The van der Waals surface area contributed by atoms with Crippen molar-refractivity contribution in [2.24, 2.45) is 0 Å². The van der Waals surface area contributed by atoms with E-state index in [-0.39, 0.29) is 11.8 Å².